The van der Waals surface area contributed by atoms with Crippen molar-refractivity contribution in [2.24, 2.45) is 0 Å². The Morgan fingerprint density at radius 2 is 1.96 bits per heavy atom. The van der Waals surface area contributed by atoms with Gasteiger partial charge in [-0.2, -0.15) is 0 Å². The summed E-state index contributed by atoms with van der Waals surface area (Å²) >= 11 is 0. The van der Waals surface area contributed by atoms with Crippen molar-refractivity contribution in [2.75, 3.05) is 33.4 Å². The van der Waals surface area contributed by atoms with E-state index in [2.05, 4.69) is 26.1 Å². The van der Waals surface area contributed by atoms with Crippen LogP contribution in [0.3, 0.4) is 0 Å². The van der Waals surface area contributed by atoms with Crippen molar-refractivity contribution in [1.29, 1.82) is 0 Å². The quantitative estimate of drug-likeness (QED) is 0.907. The Morgan fingerprint density at radius 1 is 1.29 bits per heavy atom. The average molecular weight is 334 g/mol. The van der Waals surface area contributed by atoms with Crippen LogP contribution in [0.15, 0.2) is 24.3 Å². The minimum Gasteiger partial charge on any atom is -0.354 e. The molecule has 1 heterocycles. The first-order valence-corrected chi connectivity index (χ1v) is 8.12. The first kappa shape index (κ1) is 18.4. The molecule has 0 aromatic heterocycles. The summed E-state index contributed by atoms with van der Waals surface area (Å²) in [6.07, 6.45) is -0.400. The molecule has 1 atom stereocenters. The Labute approximate surface area is 143 Å². The number of carbonyl (C=O) groups excluding carboxylic acids is 2. The van der Waals surface area contributed by atoms with Crippen molar-refractivity contribution in [3.8, 4) is 0 Å². The van der Waals surface area contributed by atoms with E-state index in [1.54, 1.807) is 24.1 Å². The molecular formula is C18H26N2O4. The summed E-state index contributed by atoms with van der Waals surface area (Å²) in [4.78, 5) is 26.0. The van der Waals surface area contributed by atoms with E-state index in [0.29, 0.717) is 25.3 Å². The number of morpholine rings is 1. The van der Waals surface area contributed by atoms with Gasteiger partial charge in [-0.15, -0.1) is 0 Å². The molecule has 0 saturated carbocycles. The average Bonchev–Trinajstić information content (AvgIpc) is 2.58. The lowest BCUT2D eigenvalue weighted by Gasteiger charge is -2.32. The highest BCUT2D eigenvalue weighted by atomic mass is 16.7. The van der Waals surface area contributed by atoms with Gasteiger partial charge in [-0.3, -0.25) is 9.59 Å². The summed E-state index contributed by atoms with van der Waals surface area (Å²) in [6, 6.07) is 7.47. The summed E-state index contributed by atoms with van der Waals surface area (Å²) in [5.74, 6) is -0.389. The molecule has 0 aliphatic carbocycles. The number of rotatable bonds is 4. The lowest BCUT2D eigenvalue weighted by molar-refractivity contribution is -0.174. The van der Waals surface area contributed by atoms with Gasteiger partial charge in [0, 0.05) is 19.2 Å². The minimum absolute atomic E-state index is 0.0315. The molecule has 1 aromatic rings. The lowest BCUT2D eigenvalue weighted by atomic mass is 9.87. The van der Waals surface area contributed by atoms with Gasteiger partial charge in [0.25, 0.3) is 5.91 Å². The maximum absolute atomic E-state index is 12.2. The number of methoxy groups -OCH3 is 1. The van der Waals surface area contributed by atoms with E-state index < -0.39 is 6.29 Å². The number of hydrogen-bond donors (Lipinski definition) is 1. The normalized spacial score (nSPS) is 18.3. The van der Waals surface area contributed by atoms with Gasteiger partial charge >= 0.3 is 0 Å². The third-order valence-electron chi connectivity index (χ3n) is 4.06. The largest absolute Gasteiger partial charge is 0.354 e. The number of nitrogens with zero attached hydrogens (tertiary/aromatic N) is 1. The van der Waals surface area contributed by atoms with E-state index >= 15 is 0 Å². The van der Waals surface area contributed by atoms with Crippen LogP contribution in [0, 0.1) is 0 Å². The minimum atomic E-state index is -0.400. The summed E-state index contributed by atoms with van der Waals surface area (Å²) < 4.78 is 10.4. The number of ether oxygens (including phenoxy) is 2. The molecule has 1 fully saturated rings. The number of hydrogen-bond acceptors (Lipinski definition) is 4. The third kappa shape index (κ3) is 4.79. The molecule has 24 heavy (non-hydrogen) atoms. The van der Waals surface area contributed by atoms with Gasteiger partial charge in [-0.05, 0) is 23.1 Å². The highest BCUT2D eigenvalue weighted by molar-refractivity contribution is 5.96. The molecule has 6 heteroatoms. The van der Waals surface area contributed by atoms with Crippen molar-refractivity contribution < 1.29 is 19.1 Å². The van der Waals surface area contributed by atoms with Crippen LogP contribution in [0.2, 0.25) is 0 Å². The maximum Gasteiger partial charge on any atom is 0.251 e. The van der Waals surface area contributed by atoms with E-state index in [1.807, 2.05) is 12.1 Å². The molecule has 1 N–H and O–H groups in total. The first-order chi connectivity index (χ1) is 11.3. The Balaban J connectivity index is 1.87. The Morgan fingerprint density at radius 3 is 2.54 bits per heavy atom. The predicted molar refractivity (Wildman–Crippen MR) is 90.8 cm³/mol. The molecular weight excluding hydrogens is 308 g/mol. The monoisotopic (exact) mass is 334 g/mol. The molecule has 0 radical (unpaired) electrons. The molecule has 1 aliphatic rings. The van der Waals surface area contributed by atoms with Crippen molar-refractivity contribution >= 4 is 11.8 Å². The fourth-order valence-corrected chi connectivity index (χ4v) is 2.48. The van der Waals surface area contributed by atoms with E-state index in [-0.39, 0.29) is 23.8 Å². The van der Waals surface area contributed by atoms with Crippen molar-refractivity contribution in [2.45, 2.75) is 32.5 Å². The fourth-order valence-electron chi connectivity index (χ4n) is 2.48. The topological polar surface area (TPSA) is 67.9 Å². The van der Waals surface area contributed by atoms with Crippen molar-refractivity contribution in [1.82, 2.24) is 10.2 Å². The maximum atomic E-state index is 12.2. The summed E-state index contributed by atoms with van der Waals surface area (Å²) in [5, 5.41) is 2.68. The Kier molecular flexibility index (Phi) is 5.96. The fraction of sp³-hybridized carbons (Fsp3) is 0.556. The van der Waals surface area contributed by atoms with Gasteiger partial charge in [0.15, 0.2) is 6.29 Å². The highest BCUT2D eigenvalue weighted by Crippen LogP contribution is 2.22. The molecule has 0 bridgehead atoms. The van der Waals surface area contributed by atoms with Gasteiger partial charge in [0.05, 0.1) is 19.7 Å². The zero-order valence-corrected chi connectivity index (χ0v) is 14.8. The standard InChI is InChI=1S/C18H26N2O4/c1-18(2,3)14-7-5-13(6-8-14)17(22)19-11-15(21)20-9-10-24-16(12-20)23-4/h5-8,16H,9-12H2,1-4H3,(H,19,22)/t16-/m1/s1. The van der Waals surface area contributed by atoms with Crippen molar-refractivity contribution in [3.05, 3.63) is 35.4 Å². The van der Waals surface area contributed by atoms with Crippen molar-refractivity contribution in [3.63, 3.8) is 0 Å². The predicted octanol–water partition coefficient (Wildman–Crippen LogP) is 1.55. The molecule has 2 amide bonds. The molecule has 0 unspecified atom stereocenters. The molecule has 1 aliphatic heterocycles. The van der Waals surface area contributed by atoms with Crippen LogP contribution < -0.4 is 5.32 Å². The van der Waals surface area contributed by atoms with Gasteiger partial charge in [-0.1, -0.05) is 32.9 Å². The number of benzene rings is 1. The van der Waals surface area contributed by atoms with E-state index in [9.17, 15) is 9.59 Å². The second-order valence-electron chi connectivity index (χ2n) is 6.89. The zero-order valence-electron chi connectivity index (χ0n) is 14.8. The van der Waals surface area contributed by atoms with Crippen LogP contribution >= 0.6 is 0 Å². The molecule has 2 rings (SSSR count). The van der Waals surface area contributed by atoms with Gasteiger partial charge in [0.1, 0.15) is 0 Å². The Hall–Kier alpha value is -1.92. The molecule has 6 nitrogen and oxygen atoms in total. The summed E-state index contributed by atoms with van der Waals surface area (Å²) in [5.41, 5.74) is 1.75. The van der Waals surface area contributed by atoms with E-state index in [4.69, 9.17) is 9.47 Å². The molecule has 132 valence electrons. The SMILES string of the molecule is CO[C@H]1CN(C(=O)CNC(=O)c2ccc(C(C)(C)C)cc2)CCO1. The van der Waals surface area contributed by atoms with Crippen LogP contribution in [0.1, 0.15) is 36.7 Å². The molecule has 1 saturated heterocycles. The highest BCUT2D eigenvalue weighted by Gasteiger charge is 2.24. The van der Waals surface area contributed by atoms with Gasteiger partial charge in [-0.25, -0.2) is 0 Å². The van der Waals surface area contributed by atoms with Gasteiger partial charge in [0.2, 0.25) is 5.91 Å². The summed E-state index contributed by atoms with van der Waals surface area (Å²) in [6.45, 7) is 7.66. The second kappa shape index (κ2) is 7.77. The van der Waals surface area contributed by atoms with Gasteiger partial charge < -0.3 is 19.7 Å². The van der Waals surface area contributed by atoms with Crippen LogP contribution in [0.25, 0.3) is 0 Å². The second-order valence-corrected chi connectivity index (χ2v) is 6.89. The summed E-state index contributed by atoms with van der Waals surface area (Å²) in [7, 11) is 1.54. The molecule has 0 spiro atoms. The zero-order chi connectivity index (χ0) is 17.7. The van der Waals surface area contributed by atoms with E-state index in [0.717, 1.165) is 5.56 Å². The first-order valence-electron chi connectivity index (χ1n) is 8.12. The smallest absolute Gasteiger partial charge is 0.251 e. The van der Waals surface area contributed by atoms with Crippen LogP contribution in [0.4, 0.5) is 0 Å². The Bertz CT molecular complexity index is 578. The molecule has 1 aromatic carbocycles. The lowest BCUT2D eigenvalue weighted by Crippen LogP contribution is -2.49. The van der Waals surface area contributed by atoms with Crippen LogP contribution in [-0.4, -0.2) is 56.4 Å². The number of carbonyl (C=O) groups is 2. The van der Waals surface area contributed by atoms with Crippen LogP contribution in [-0.2, 0) is 19.7 Å². The van der Waals surface area contributed by atoms with Crippen LogP contribution in [0.5, 0.6) is 0 Å². The third-order valence-corrected chi connectivity index (χ3v) is 4.06. The number of nitrogens with one attached hydrogen (secondary N) is 1. The van der Waals surface area contributed by atoms with E-state index in [1.165, 1.54) is 0 Å². The number of amides is 2.